The van der Waals surface area contributed by atoms with Crippen molar-refractivity contribution in [3.8, 4) is 5.75 Å². The third-order valence-electron chi connectivity index (χ3n) is 2.93. The van der Waals surface area contributed by atoms with Crippen LogP contribution < -0.4 is 4.74 Å². The fourth-order valence-electron chi connectivity index (χ4n) is 2.12. The Hall–Kier alpha value is -0.920. The van der Waals surface area contributed by atoms with E-state index in [4.69, 9.17) is 4.74 Å². The highest BCUT2D eigenvalue weighted by Gasteiger charge is 2.45. The van der Waals surface area contributed by atoms with Gasteiger partial charge in [-0.2, -0.15) is 17.5 Å². The number of hydrogen-bond acceptors (Lipinski definition) is 3. The Balaban J connectivity index is 2.33. The lowest BCUT2D eigenvalue weighted by atomic mass is 10.0. The Morgan fingerprint density at radius 2 is 2.06 bits per heavy atom. The van der Waals surface area contributed by atoms with Crippen LogP contribution in [0.1, 0.15) is 35.8 Å². The molecule has 0 aliphatic heterocycles. The lowest BCUT2D eigenvalue weighted by molar-refractivity contribution is -0.135. The molecule has 1 fully saturated rings. The van der Waals surface area contributed by atoms with Gasteiger partial charge in [0.2, 0.25) is 5.92 Å². The molecule has 0 amide bonds. The highest BCUT2D eigenvalue weighted by molar-refractivity contribution is 7.06. The van der Waals surface area contributed by atoms with Gasteiger partial charge in [-0.25, -0.2) is 8.78 Å². The number of alkyl halides is 5. The summed E-state index contributed by atoms with van der Waals surface area (Å²) in [5.74, 6) is -3.89. The molecule has 8 heteroatoms. The van der Waals surface area contributed by atoms with E-state index in [0.717, 1.165) is 7.11 Å². The van der Waals surface area contributed by atoms with Gasteiger partial charge < -0.3 is 4.74 Å². The van der Waals surface area contributed by atoms with Crippen molar-refractivity contribution in [2.45, 2.75) is 37.3 Å². The largest absolute Gasteiger partial charge is 0.493 e. The van der Waals surface area contributed by atoms with Crippen LogP contribution in [0.25, 0.3) is 0 Å². The van der Waals surface area contributed by atoms with Crippen LogP contribution >= 0.6 is 11.5 Å². The van der Waals surface area contributed by atoms with Crippen molar-refractivity contribution in [1.29, 1.82) is 0 Å². The molecule has 1 heterocycles. The molecule has 102 valence electrons. The number of rotatable bonds is 2. The van der Waals surface area contributed by atoms with Crippen LogP contribution in [0.4, 0.5) is 22.0 Å². The summed E-state index contributed by atoms with van der Waals surface area (Å²) in [5, 5.41) is 0. The molecule has 1 aromatic heterocycles. The summed E-state index contributed by atoms with van der Waals surface area (Å²) < 4.78 is 72.4. The van der Waals surface area contributed by atoms with Crippen molar-refractivity contribution in [3.63, 3.8) is 0 Å². The van der Waals surface area contributed by atoms with Crippen molar-refractivity contribution < 1.29 is 26.7 Å². The summed E-state index contributed by atoms with van der Waals surface area (Å²) in [6, 6.07) is 0. The molecule has 0 N–H and O–H groups in total. The van der Waals surface area contributed by atoms with Gasteiger partial charge in [-0.15, -0.1) is 0 Å². The first-order valence-electron chi connectivity index (χ1n) is 5.23. The molecule has 1 unspecified atom stereocenters. The number of hydrogen-bond donors (Lipinski definition) is 0. The van der Waals surface area contributed by atoms with Gasteiger partial charge in [0.25, 0.3) is 0 Å². The van der Waals surface area contributed by atoms with Crippen LogP contribution in [0, 0.1) is 0 Å². The van der Waals surface area contributed by atoms with Crippen LogP contribution in [0.2, 0.25) is 0 Å². The zero-order chi connectivity index (χ0) is 13.6. The smallest absolute Gasteiger partial charge is 0.430 e. The highest BCUT2D eigenvalue weighted by Crippen LogP contribution is 2.50. The van der Waals surface area contributed by atoms with Crippen LogP contribution in [-0.2, 0) is 6.18 Å². The molecule has 0 bridgehead atoms. The average Bonchev–Trinajstić information content (AvgIpc) is 2.79. The SMILES string of the molecule is COc1c(C2CCC(F)(F)C2)nsc1C(F)(F)F. The van der Waals surface area contributed by atoms with Crippen molar-refractivity contribution >= 4 is 11.5 Å². The maximum Gasteiger partial charge on any atom is 0.430 e. The van der Waals surface area contributed by atoms with Crippen molar-refractivity contribution in [1.82, 2.24) is 4.37 Å². The van der Waals surface area contributed by atoms with Gasteiger partial charge in [0, 0.05) is 18.8 Å². The van der Waals surface area contributed by atoms with Crippen LogP contribution in [0.15, 0.2) is 0 Å². The second-order valence-electron chi connectivity index (χ2n) is 4.22. The average molecular weight is 287 g/mol. The molecule has 1 atom stereocenters. The van der Waals surface area contributed by atoms with E-state index in [0.29, 0.717) is 0 Å². The topological polar surface area (TPSA) is 22.1 Å². The Kier molecular flexibility index (Phi) is 3.25. The van der Waals surface area contributed by atoms with E-state index >= 15 is 0 Å². The predicted octanol–water partition coefficient (Wildman–Crippen LogP) is 4.07. The van der Waals surface area contributed by atoms with Crippen LogP contribution in [0.5, 0.6) is 5.75 Å². The summed E-state index contributed by atoms with van der Waals surface area (Å²) in [6.45, 7) is 0. The van der Waals surface area contributed by atoms with Crippen molar-refractivity contribution in [2.75, 3.05) is 7.11 Å². The molecule has 0 aromatic carbocycles. The molecule has 1 aliphatic carbocycles. The normalized spacial score (nSPS) is 23.3. The van der Waals surface area contributed by atoms with E-state index in [9.17, 15) is 22.0 Å². The van der Waals surface area contributed by atoms with Gasteiger partial charge in [0.05, 0.1) is 7.11 Å². The molecular weight excluding hydrogens is 277 g/mol. The number of ether oxygens (including phenoxy) is 1. The fourth-order valence-corrected chi connectivity index (χ4v) is 2.91. The first-order valence-corrected chi connectivity index (χ1v) is 6.00. The van der Waals surface area contributed by atoms with Gasteiger partial charge in [-0.1, -0.05) is 0 Å². The zero-order valence-corrected chi connectivity index (χ0v) is 10.2. The summed E-state index contributed by atoms with van der Waals surface area (Å²) in [4.78, 5) is -0.963. The molecule has 1 aliphatic rings. The van der Waals surface area contributed by atoms with Gasteiger partial charge in [-0.05, 0) is 18.0 Å². The van der Waals surface area contributed by atoms with Gasteiger partial charge in [-0.3, -0.25) is 0 Å². The van der Waals surface area contributed by atoms with Crippen molar-refractivity contribution in [3.05, 3.63) is 10.6 Å². The molecule has 2 rings (SSSR count). The Labute approximate surface area is 104 Å². The first-order chi connectivity index (χ1) is 8.24. The quantitative estimate of drug-likeness (QED) is 0.765. The third kappa shape index (κ3) is 2.43. The Morgan fingerprint density at radius 3 is 2.50 bits per heavy atom. The third-order valence-corrected chi connectivity index (χ3v) is 3.81. The second kappa shape index (κ2) is 4.32. The molecule has 0 spiro atoms. The van der Waals surface area contributed by atoms with Gasteiger partial charge in [0.15, 0.2) is 10.6 Å². The van der Waals surface area contributed by atoms with Gasteiger partial charge in [0.1, 0.15) is 5.69 Å². The maximum atomic E-state index is 13.1. The van der Waals surface area contributed by atoms with E-state index in [-0.39, 0.29) is 30.1 Å². The Bertz CT molecular complexity index is 442. The van der Waals surface area contributed by atoms with Crippen LogP contribution in [-0.4, -0.2) is 17.4 Å². The molecular formula is C10H10F5NOS. The standard InChI is InChI=1S/C10H10F5NOS/c1-17-7-6(5-2-3-9(11,12)4-5)16-18-8(7)10(13,14)15/h5H,2-4H2,1H3. The van der Waals surface area contributed by atoms with Crippen LogP contribution in [0.3, 0.4) is 0 Å². The second-order valence-corrected chi connectivity index (χ2v) is 5.00. The van der Waals surface area contributed by atoms with E-state index in [2.05, 4.69) is 4.37 Å². The summed E-state index contributed by atoms with van der Waals surface area (Å²) >= 11 is 0.250. The monoisotopic (exact) mass is 287 g/mol. The van der Waals surface area contributed by atoms with Gasteiger partial charge >= 0.3 is 6.18 Å². The van der Waals surface area contributed by atoms with E-state index in [1.54, 1.807) is 0 Å². The number of halogens is 5. The number of methoxy groups -OCH3 is 1. The summed E-state index contributed by atoms with van der Waals surface area (Å²) in [7, 11) is 1.09. The predicted molar refractivity (Wildman–Crippen MR) is 55.2 cm³/mol. The first kappa shape index (κ1) is 13.5. The summed E-state index contributed by atoms with van der Waals surface area (Å²) in [5.41, 5.74) is 0.00648. The maximum absolute atomic E-state index is 13.1. The number of nitrogens with zero attached hydrogens (tertiary/aromatic N) is 1. The zero-order valence-electron chi connectivity index (χ0n) is 9.35. The van der Waals surface area contributed by atoms with E-state index in [1.807, 2.05) is 0 Å². The lowest BCUT2D eigenvalue weighted by Gasteiger charge is -2.11. The lowest BCUT2D eigenvalue weighted by Crippen LogP contribution is -2.10. The molecule has 1 saturated carbocycles. The fraction of sp³-hybridized carbons (Fsp3) is 0.700. The molecule has 0 radical (unpaired) electrons. The Morgan fingerprint density at radius 1 is 1.39 bits per heavy atom. The number of aromatic nitrogens is 1. The van der Waals surface area contributed by atoms with E-state index < -0.39 is 35.1 Å². The minimum Gasteiger partial charge on any atom is -0.493 e. The summed E-state index contributed by atoms with van der Waals surface area (Å²) in [6.07, 6.45) is -5.23. The highest BCUT2D eigenvalue weighted by atomic mass is 32.1. The minimum absolute atomic E-state index is 0.00648. The van der Waals surface area contributed by atoms with Crippen molar-refractivity contribution in [2.24, 2.45) is 0 Å². The van der Waals surface area contributed by atoms with E-state index in [1.165, 1.54) is 0 Å². The molecule has 18 heavy (non-hydrogen) atoms. The molecule has 0 saturated heterocycles. The molecule has 2 nitrogen and oxygen atoms in total. The molecule has 1 aromatic rings. The minimum atomic E-state index is -4.57.